The predicted molar refractivity (Wildman–Crippen MR) is 78.8 cm³/mol. The Hall–Kier alpha value is -1.06. The standard InChI is InChI=1S/C15H20N2O.ClH/c1-16-12-6-8-17(9-7-12)15(18)14-10-11-4-2-3-5-13(11)14;/h2-5,12,14,16H,6-10H2,1H3;1H. The van der Waals surface area contributed by atoms with Gasteiger partial charge in [-0.25, -0.2) is 0 Å². The maximum absolute atomic E-state index is 12.4. The maximum atomic E-state index is 12.4. The second kappa shape index (κ2) is 5.93. The van der Waals surface area contributed by atoms with Gasteiger partial charge >= 0.3 is 0 Å². The number of nitrogens with one attached hydrogen (secondary N) is 1. The molecule has 2 aliphatic rings. The molecule has 1 N–H and O–H groups in total. The van der Waals surface area contributed by atoms with E-state index < -0.39 is 0 Å². The van der Waals surface area contributed by atoms with Gasteiger partial charge in [0.25, 0.3) is 0 Å². The van der Waals surface area contributed by atoms with Gasteiger partial charge in [-0.2, -0.15) is 0 Å². The summed E-state index contributed by atoms with van der Waals surface area (Å²) in [6.07, 6.45) is 3.09. The smallest absolute Gasteiger partial charge is 0.230 e. The molecule has 104 valence electrons. The van der Waals surface area contributed by atoms with Gasteiger partial charge in [-0.1, -0.05) is 24.3 Å². The molecule has 0 bridgehead atoms. The van der Waals surface area contributed by atoms with Crippen LogP contribution in [0.3, 0.4) is 0 Å². The molecule has 1 amide bonds. The average Bonchev–Trinajstić information content (AvgIpc) is 2.40. The molecule has 1 saturated heterocycles. The number of amides is 1. The van der Waals surface area contributed by atoms with Crippen molar-refractivity contribution in [3.8, 4) is 0 Å². The van der Waals surface area contributed by atoms with E-state index in [1.165, 1.54) is 11.1 Å². The van der Waals surface area contributed by atoms with E-state index in [-0.39, 0.29) is 18.3 Å². The summed E-state index contributed by atoms with van der Waals surface area (Å²) in [5, 5.41) is 3.30. The van der Waals surface area contributed by atoms with Gasteiger partial charge in [0.05, 0.1) is 5.92 Å². The molecule has 1 unspecified atom stereocenters. The molecular formula is C15H21ClN2O. The fourth-order valence-corrected chi connectivity index (χ4v) is 3.09. The normalized spacial score (nSPS) is 22.2. The molecule has 19 heavy (non-hydrogen) atoms. The summed E-state index contributed by atoms with van der Waals surface area (Å²) >= 11 is 0. The number of hydrogen-bond donors (Lipinski definition) is 1. The van der Waals surface area contributed by atoms with Gasteiger partial charge in [-0.3, -0.25) is 4.79 Å². The lowest BCUT2D eigenvalue weighted by Gasteiger charge is -2.37. The lowest BCUT2D eigenvalue weighted by Crippen LogP contribution is -2.47. The van der Waals surface area contributed by atoms with E-state index in [0.29, 0.717) is 11.9 Å². The number of carbonyl (C=O) groups excluding carboxylic acids is 1. The average molecular weight is 281 g/mol. The third kappa shape index (κ3) is 2.63. The zero-order chi connectivity index (χ0) is 12.5. The summed E-state index contributed by atoms with van der Waals surface area (Å²) in [5.74, 6) is 0.468. The van der Waals surface area contributed by atoms with Crippen LogP contribution < -0.4 is 5.32 Å². The quantitative estimate of drug-likeness (QED) is 0.898. The van der Waals surface area contributed by atoms with Crippen molar-refractivity contribution in [3.05, 3.63) is 35.4 Å². The molecule has 3 rings (SSSR count). The Morgan fingerprint density at radius 2 is 1.95 bits per heavy atom. The Labute approximate surface area is 120 Å². The van der Waals surface area contributed by atoms with Crippen molar-refractivity contribution in [2.45, 2.75) is 31.2 Å². The van der Waals surface area contributed by atoms with Crippen LogP contribution in [0, 0.1) is 0 Å². The van der Waals surface area contributed by atoms with Crippen molar-refractivity contribution >= 4 is 18.3 Å². The lowest BCUT2D eigenvalue weighted by atomic mass is 9.76. The zero-order valence-electron chi connectivity index (χ0n) is 11.3. The van der Waals surface area contributed by atoms with Crippen LogP contribution in [0.5, 0.6) is 0 Å². The minimum absolute atomic E-state index is 0. The van der Waals surface area contributed by atoms with Crippen LogP contribution in [0.2, 0.25) is 0 Å². The highest BCUT2D eigenvalue weighted by molar-refractivity contribution is 5.87. The SMILES string of the molecule is CNC1CCN(C(=O)C2Cc3ccccc32)CC1.Cl. The topological polar surface area (TPSA) is 32.3 Å². The fraction of sp³-hybridized carbons (Fsp3) is 0.533. The Balaban J connectivity index is 0.00000133. The van der Waals surface area contributed by atoms with Crippen LogP contribution in [0.4, 0.5) is 0 Å². The molecule has 1 fully saturated rings. The molecule has 1 aliphatic carbocycles. The van der Waals surface area contributed by atoms with Gasteiger partial charge < -0.3 is 10.2 Å². The van der Waals surface area contributed by atoms with Crippen molar-refractivity contribution in [2.75, 3.05) is 20.1 Å². The lowest BCUT2D eigenvalue weighted by molar-refractivity contribution is -0.134. The molecule has 1 aliphatic heterocycles. The van der Waals surface area contributed by atoms with Crippen molar-refractivity contribution < 1.29 is 4.79 Å². The van der Waals surface area contributed by atoms with Gasteiger partial charge in [0.2, 0.25) is 5.91 Å². The number of rotatable bonds is 2. The molecule has 0 radical (unpaired) electrons. The van der Waals surface area contributed by atoms with E-state index in [4.69, 9.17) is 0 Å². The highest BCUT2D eigenvalue weighted by atomic mass is 35.5. The van der Waals surface area contributed by atoms with Crippen molar-refractivity contribution in [1.29, 1.82) is 0 Å². The molecule has 0 aromatic heterocycles. The molecule has 0 saturated carbocycles. The Morgan fingerprint density at radius 1 is 1.26 bits per heavy atom. The van der Waals surface area contributed by atoms with E-state index in [0.717, 1.165) is 32.4 Å². The van der Waals surface area contributed by atoms with Crippen LogP contribution in [0.15, 0.2) is 24.3 Å². The van der Waals surface area contributed by atoms with Crippen LogP contribution in [0.1, 0.15) is 29.9 Å². The van der Waals surface area contributed by atoms with Crippen LogP contribution >= 0.6 is 12.4 Å². The first-order valence-electron chi connectivity index (χ1n) is 6.83. The van der Waals surface area contributed by atoms with Gasteiger partial charge in [-0.05, 0) is 37.4 Å². The second-order valence-corrected chi connectivity index (χ2v) is 5.34. The molecule has 0 spiro atoms. The Bertz CT molecular complexity index is 455. The number of fused-ring (bicyclic) bond motifs is 1. The first-order chi connectivity index (χ1) is 8.79. The predicted octanol–water partition coefficient (Wildman–Crippen LogP) is 1.96. The molecule has 1 aromatic carbocycles. The maximum Gasteiger partial charge on any atom is 0.230 e. The van der Waals surface area contributed by atoms with Crippen LogP contribution in [0.25, 0.3) is 0 Å². The van der Waals surface area contributed by atoms with Gasteiger partial charge in [0.15, 0.2) is 0 Å². The minimum atomic E-state index is 0. The zero-order valence-corrected chi connectivity index (χ0v) is 12.1. The Morgan fingerprint density at radius 3 is 2.58 bits per heavy atom. The number of carbonyl (C=O) groups is 1. The number of nitrogens with zero attached hydrogens (tertiary/aromatic N) is 1. The molecule has 1 atom stereocenters. The number of halogens is 1. The van der Waals surface area contributed by atoms with Crippen LogP contribution in [-0.4, -0.2) is 37.0 Å². The first-order valence-corrected chi connectivity index (χ1v) is 6.83. The Kier molecular flexibility index (Phi) is 4.48. The highest BCUT2D eigenvalue weighted by Crippen LogP contribution is 2.36. The number of likely N-dealkylation sites (tertiary alicyclic amines) is 1. The summed E-state index contributed by atoms with van der Waals surface area (Å²) in [6, 6.07) is 8.90. The first kappa shape index (κ1) is 14.4. The second-order valence-electron chi connectivity index (χ2n) is 5.34. The van der Waals surface area contributed by atoms with Gasteiger partial charge in [0, 0.05) is 19.1 Å². The molecule has 4 heteroatoms. The molecule has 3 nitrogen and oxygen atoms in total. The van der Waals surface area contributed by atoms with Gasteiger partial charge in [0.1, 0.15) is 0 Å². The summed E-state index contributed by atoms with van der Waals surface area (Å²) in [7, 11) is 2.00. The van der Waals surface area contributed by atoms with E-state index in [1.54, 1.807) is 0 Å². The summed E-state index contributed by atoms with van der Waals surface area (Å²) < 4.78 is 0. The third-order valence-electron chi connectivity index (χ3n) is 4.37. The largest absolute Gasteiger partial charge is 0.342 e. The van der Waals surface area contributed by atoms with E-state index in [2.05, 4.69) is 28.4 Å². The van der Waals surface area contributed by atoms with E-state index in [9.17, 15) is 4.79 Å². The molecular weight excluding hydrogens is 260 g/mol. The summed E-state index contributed by atoms with van der Waals surface area (Å²) in [5.41, 5.74) is 2.60. The van der Waals surface area contributed by atoms with E-state index in [1.807, 2.05) is 13.1 Å². The minimum Gasteiger partial charge on any atom is -0.342 e. The van der Waals surface area contributed by atoms with Crippen LogP contribution in [-0.2, 0) is 11.2 Å². The molecule has 1 aromatic rings. The number of benzene rings is 1. The van der Waals surface area contributed by atoms with Crippen molar-refractivity contribution in [1.82, 2.24) is 10.2 Å². The van der Waals surface area contributed by atoms with Crippen molar-refractivity contribution in [2.24, 2.45) is 0 Å². The summed E-state index contributed by atoms with van der Waals surface area (Å²) in [4.78, 5) is 14.5. The number of hydrogen-bond acceptors (Lipinski definition) is 2. The summed E-state index contributed by atoms with van der Waals surface area (Å²) in [6.45, 7) is 1.81. The van der Waals surface area contributed by atoms with E-state index >= 15 is 0 Å². The van der Waals surface area contributed by atoms with Crippen molar-refractivity contribution in [3.63, 3.8) is 0 Å². The molecule has 1 heterocycles. The monoisotopic (exact) mass is 280 g/mol. The number of piperidine rings is 1. The fourth-order valence-electron chi connectivity index (χ4n) is 3.09. The third-order valence-corrected chi connectivity index (χ3v) is 4.37. The highest BCUT2D eigenvalue weighted by Gasteiger charge is 2.35. The van der Waals surface area contributed by atoms with Gasteiger partial charge in [-0.15, -0.1) is 12.4 Å².